The molecule has 1 unspecified atom stereocenters. The van der Waals surface area contributed by atoms with Gasteiger partial charge >= 0.3 is 0 Å². The van der Waals surface area contributed by atoms with Crippen molar-refractivity contribution >= 4 is 9.04 Å². The Morgan fingerprint density at radius 2 is 1.68 bits per heavy atom. The molecule has 19 heavy (non-hydrogen) atoms. The molecule has 0 aromatic carbocycles. The van der Waals surface area contributed by atoms with Gasteiger partial charge in [0.2, 0.25) is 9.04 Å². The highest BCUT2D eigenvalue weighted by Crippen LogP contribution is 2.18. The predicted octanol–water partition coefficient (Wildman–Crippen LogP) is 5.54. The van der Waals surface area contributed by atoms with Gasteiger partial charge in [-0.1, -0.05) is 69.6 Å². The molecule has 1 nitrogen and oxygen atoms in total. The van der Waals surface area contributed by atoms with Gasteiger partial charge in [0.25, 0.3) is 0 Å². The SMILES string of the molecule is CCCCCCCCCC/C=C(\C)[SiH]1CCCCO1. The maximum absolute atomic E-state index is 5.94. The second kappa shape index (κ2) is 11.7. The summed E-state index contributed by atoms with van der Waals surface area (Å²) in [6.45, 7) is 5.63. The van der Waals surface area contributed by atoms with E-state index in [9.17, 15) is 0 Å². The standard InChI is InChI=1S/C17H34OSi/c1-3-4-5-6-7-8-9-10-11-14-17(2)19-16-13-12-15-18-19/h14,19H,3-13,15-16H2,1-2H3/b17-14+. The molecular formula is C17H34OSi. The first-order chi connectivity index (χ1) is 9.34. The highest BCUT2D eigenvalue weighted by molar-refractivity contribution is 6.60. The van der Waals surface area contributed by atoms with E-state index in [0.717, 1.165) is 6.61 Å². The van der Waals surface area contributed by atoms with Crippen LogP contribution in [0.2, 0.25) is 6.04 Å². The van der Waals surface area contributed by atoms with Crippen LogP contribution in [0, 0.1) is 0 Å². The zero-order chi connectivity index (χ0) is 13.8. The third kappa shape index (κ3) is 8.64. The highest BCUT2D eigenvalue weighted by atomic mass is 28.3. The summed E-state index contributed by atoms with van der Waals surface area (Å²) in [7, 11) is -0.937. The number of unbranched alkanes of at least 4 members (excludes halogenated alkanes) is 8. The first kappa shape index (κ1) is 17.0. The second-order valence-corrected chi connectivity index (χ2v) is 8.87. The van der Waals surface area contributed by atoms with E-state index in [1.807, 2.05) is 0 Å². The van der Waals surface area contributed by atoms with E-state index in [0.29, 0.717) is 0 Å². The first-order valence-electron chi connectivity index (χ1n) is 8.63. The van der Waals surface area contributed by atoms with E-state index < -0.39 is 9.04 Å². The summed E-state index contributed by atoms with van der Waals surface area (Å²) in [5, 5.41) is 1.61. The maximum atomic E-state index is 5.94. The third-order valence-electron chi connectivity index (χ3n) is 4.21. The lowest BCUT2D eigenvalue weighted by Gasteiger charge is -2.21. The molecule has 1 aliphatic heterocycles. The molecule has 1 atom stereocenters. The molecule has 0 N–H and O–H groups in total. The molecule has 0 amide bonds. The number of hydrogen-bond donors (Lipinski definition) is 0. The summed E-state index contributed by atoms with van der Waals surface area (Å²) in [6.07, 6.45) is 17.8. The Bertz CT molecular complexity index is 231. The van der Waals surface area contributed by atoms with Crippen molar-refractivity contribution in [3.63, 3.8) is 0 Å². The Balaban J connectivity index is 1.94. The van der Waals surface area contributed by atoms with Gasteiger partial charge in [-0.3, -0.25) is 0 Å². The fourth-order valence-electron chi connectivity index (χ4n) is 2.84. The molecule has 0 aliphatic carbocycles. The molecule has 112 valence electrons. The van der Waals surface area contributed by atoms with E-state index in [2.05, 4.69) is 19.9 Å². The summed E-state index contributed by atoms with van der Waals surface area (Å²) < 4.78 is 5.94. The minimum atomic E-state index is -0.937. The van der Waals surface area contributed by atoms with Gasteiger partial charge in [0, 0.05) is 6.61 Å². The molecule has 0 bridgehead atoms. The number of hydrogen-bond acceptors (Lipinski definition) is 1. The monoisotopic (exact) mass is 282 g/mol. The van der Waals surface area contributed by atoms with Crippen molar-refractivity contribution in [2.75, 3.05) is 6.61 Å². The molecule has 1 aliphatic rings. The van der Waals surface area contributed by atoms with Crippen molar-refractivity contribution in [3.05, 3.63) is 11.3 Å². The van der Waals surface area contributed by atoms with E-state index >= 15 is 0 Å². The zero-order valence-electron chi connectivity index (χ0n) is 13.3. The lowest BCUT2D eigenvalue weighted by atomic mass is 10.1. The Morgan fingerprint density at radius 3 is 2.32 bits per heavy atom. The quantitative estimate of drug-likeness (QED) is 0.378. The van der Waals surface area contributed by atoms with Gasteiger partial charge in [0.05, 0.1) is 0 Å². The van der Waals surface area contributed by atoms with Gasteiger partial charge < -0.3 is 4.43 Å². The predicted molar refractivity (Wildman–Crippen MR) is 88.1 cm³/mol. The van der Waals surface area contributed by atoms with Gasteiger partial charge in [-0.2, -0.15) is 0 Å². The first-order valence-corrected chi connectivity index (χ1v) is 10.5. The molecule has 1 heterocycles. The molecule has 0 radical (unpaired) electrons. The lowest BCUT2D eigenvalue weighted by Crippen LogP contribution is -2.24. The second-order valence-electron chi connectivity index (χ2n) is 6.07. The third-order valence-corrected chi connectivity index (χ3v) is 7.03. The van der Waals surface area contributed by atoms with Crippen LogP contribution in [0.3, 0.4) is 0 Å². The minimum absolute atomic E-state index is 0.937. The van der Waals surface area contributed by atoms with Gasteiger partial charge in [0.1, 0.15) is 0 Å². The van der Waals surface area contributed by atoms with Crippen molar-refractivity contribution in [3.8, 4) is 0 Å². The van der Waals surface area contributed by atoms with Crippen molar-refractivity contribution in [1.82, 2.24) is 0 Å². The topological polar surface area (TPSA) is 9.23 Å². The summed E-state index contributed by atoms with van der Waals surface area (Å²) >= 11 is 0. The van der Waals surface area contributed by atoms with Crippen LogP contribution < -0.4 is 0 Å². The zero-order valence-corrected chi connectivity index (χ0v) is 14.4. The number of rotatable bonds is 10. The Morgan fingerprint density at radius 1 is 1.00 bits per heavy atom. The highest BCUT2D eigenvalue weighted by Gasteiger charge is 2.17. The largest absolute Gasteiger partial charge is 0.416 e. The molecule has 0 aromatic heterocycles. The van der Waals surface area contributed by atoms with Crippen LogP contribution in [0.25, 0.3) is 0 Å². The summed E-state index contributed by atoms with van der Waals surface area (Å²) in [5.74, 6) is 0. The van der Waals surface area contributed by atoms with Crippen molar-refractivity contribution in [2.45, 2.75) is 90.5 Å². The van der Waals surface area contributed by atoms with Crippen LogP contribution >= 0.6 is 0 Å². The molecule has 1 fully saturated rings. The average Bonchev–Trinajstić information content (AvgIpc) is 2.46. The normalized spacial score (nSPS) is 20.7. The Kier molecular flexibility index (Phi) is 10.5. The van der Waals surface area contributed by atoms with E-state index in [4.69, 9.17) is 4.43 Å². The van der Waals surface area contributed by atoms with Crippen LogP contribution in [-0.2, 0) is 4.43 Å². The minimum Gasteiger partial charge on any atom is -0.416 e. The van der Waals surface area contributed by atoms with E-state index in [-0.39, 0.29) is 0 Å². The van der Waals surface area contributed by atoms with Crippen LogP contribution in [-0.4, -0.2) is 15.6 Å². The molecular weight excluding hydrogens is 248 g/mol. The van der Waals surface area contributed by atoms with Gasteiger partial charge in [0.15, 0.2) is 0 Å². The van der Waals surface area contributed by atoms with Crippen LogP contribution in [0.5, 0.6) is 0 Å². The number of allylic oxidation sites excluding steroid dienone is 2. The summed E-state index contributed by atoms with van der Waals surface area (Å²) in [5.41, 5.74) is 0. The Hall–Kier alpha value is -0.0831. The van der Waals surface area contributed by atoms with Crippen molar-refractivity contribution < 1.29 is 4.43 Å². The maximum Gasteiger partial charge on any atom is 0.203 e. The van der Waals surface area contributed by atoms with Gasteiger partial charge in [-0.15, -0.1) is 0 Å². The molecule has 0 aromatic rings. The van der Waals surface area contributed by atoms with Crippen LogP contribution in [0.1, 0.15) is 84.5 Å². The smallest absolute Gasteiger partial charge is 0.203 e. The van der Waals surface area contributed by atoms with Crippen molar-refractivity contribution in [1.29, 1.82) is 0 Å². The molecule has 1 saturated heterocycles. The molecule has 2 heteroatoms. The fourth-order valence-corrected chi connectivity index (χ4v) is 5.26. The fraction of sp³-hybridized carbons (Fsp3) is 0.882. The van der Waals surface area contributed by atoms with Crippen molar-refractivity contribution in [2.24, 2.45) is 0 Å². The Labute approximate surface area is 122 Å². The molecule has 0 saturated carbocycles. The van der Waals surface area contributed by atoms with Gasteiger partial charge in [-0.25, -0.2) is 0 Å². The van der Waals surface area contributed by atoms with E-state index in [1.54, 1.807) is 5.20 Å². The van der Waals surface area contributed by atoms with Crippen LogP contribution in [0.15, 0.2) is 11.3 Å². The lowest BCUT2D eigenvalue weighted by molar-refractivity contribution is 0.292. The van der Waals surface area contributed by atoms with Gasteiger partial charge in [-0.05, 0) is 32.2 Å². The summed E-state index contributed by atoms with van der Waals surface area (Å²) in [4.78, 5) is 0. The average molecular weight is 283 g/mol. The van der Waals surface area contributed by atoms with E-state index in [1.165, 1.54) is 76.7 Å². The molecule has 1 rings (SSSR count). The van der Waals surface area contributed by atoms with Crippen LogP contribution in [0.4, 0.5) is 0 Å². The summed E-state index contributed by atoms with van der Waals surface area (Å²) in [6, 6.07) is 1.37. The molecule has 0 spiro atoms.